The molecule has 10 heteroatoms. The number of amides is 2. The summed E-state index contributed by atoms with van der Waals surface area (Å²) in [4.78, 5) is 54.0. The van der Waals surface area contributed by atoms with Gasteiger partial charge in [0, 0.05) is 34.9 Å². The van der Waals surface area contributed by atoms with Crippen LogP contribution >= 0.6 is 0 Å². The molecule has 2 aromatic rings. The van der Waals surface area contributed by atoms with E-state index in [1.807, 2.05) is 0 Å². The molecule has 1 aliphatic heterocycles. The van der Waals surface area contributed by atoms with Crippen molar-refractivity contribution in [3.63, 3.8) is 0 Å². The van der Waals surface area contributed by atoms with Crippen LogP contribution in [0.15, 0.2) is 38.6 Å². The average Bonchev–Trinajstić information content (AvgIpc) is 2.86. The van der Waals surface area contributed by atoms with E-state index in [-0.39, 0.29) is 30.5 Å². The fourth-order valence-electron chi connectivity index (χ4n) is 2.43. The van der Waals surface area contributed by atoms with Crippen LogP contribution in [0.4, 0.5) is 5.69 Å². The van der Waals surface area contributed by atoms with Gasteiger partial charge in [-0.05, 0) is 17.2 Å². The number of nitrogens with zero attached hydrogens (tertiary/aromatic N) is 4. The van der Waals surface area contributed by atoms with Gasteiger partial charge < -0.3 is 9.25 Å². The van der Waals surface area contributed by atoms with Crippen LogP contribution in [0, 0.1) is 0 Å². The van der Waals surface area contributed by atoms with Crippen molar-refractivity contribution in [1.29, 1.82) is 0 Å². The van der Waals surface area contributed by atoms with Crippen LogP contribution in [-0.4, -0.2) is 22.8 Å². The first-order valence-electron chi connectivity index (χ1n) is 7.16. The molecule has 0 aliphatic carbocycles. The molecule has 1 aromatic carbocycles. The number of rotatable bonds is 4. The molecule has 0 N–H and O–H groups in total. The van der Waals surface area contributed by atoms with Crippen molar-refractivity contribution in [3.8, 4) is 0 Å². The fourth-order valence-corrected chi connectivity index (χ4v) is 2.43. The van der Waals surface area contributed by atoms with Gasteiger partial charge in [-0.25, -0.2) is 9.59 Å². The molecule has 0 unspecified atom stereocenters. The minimum Gasteiger partial charge on any atom is -0.423 e. The van der Waals surface area contributed by atoms with Crippen LogP contribution in [-0.2, 0) is 25.6 Å². The highest BCUT2D eigenvalue weighted by Crippen LogP contribution is 2.24. The molecular formula is C15H10N4O6. The van der Waals surface area contributed by atoms with E-state index in [4.69, 9.17) is 14.8 Å². The van der Waals surface area contributed by atoms with Gasteiger partial charge in [-0.2, -0.15) is 0 Å². The van der Waals surface area contributed by atoms with Gasteiger partial charge in [-0.15, -0.1) is 5.06 Å². The Kier molecular flexibility index (Phi) is 4.19. The highest BCUT2D eigenvalue weighted by atomic mass is 16.7. The number of hydrogen-bond donors (Lipinski definition) is 0. The lowest BCUT2D eigenvalue weighted by molar-refractivity contribution is -0.197. The van der Waals surface area contributed by atoms with Gasteiger partial charge in [-0.1, -0.05) is 17.2 Å². The summed E-state index contributed by atoms with van der Waals surface area (Å²) < 4.78 is 5.03. The summed E-state index contributed by atoms with van der Waals surface area (Å²) in [6.07, 6.45) is -0.363. The van der Waals surface area contributed by atoms with E-state index >= 15 is 0 Å². The zero-order valence-corrected chi connectivity index (χ0v) is 12.7. The summed E-state index contributed by atoms with van der Waals surface area (Å²) in [6.45, 7) is 0. The van der Waals surface area contributed by atoms with Crippen LogP contribution in [0.1, 0.15) is 18.4 Å². The first-order chi connectivity index (χ1) is 12.0. The normalized spacial score (nSPS) is 13.8. The summed E-state index contributed by atoms with van der Waals surface area (Å²) >= 11 is 0. The van der Waals surface area contributed by atoms with E-state index in [0.717, 1.165) is 6.07 Å². The summed E-state index contributed by atoms with van der Waals surface area (Å²) in [5.74, 6) is -2.04. The SMILES string of the molecule is [N-]=[N+]=Nc1ccc2c(CC(=O)ON3C(=O)CCC3=O)cc(=O)oc2c1. The minimum atomic E-state index is -0.866. The molecule has 3 rings (SSSR count). The number of benzene rings is 1. The van der Waals surface area contributed by atoms with Crippen LogP contribution in [0.5, 0.6) is 0 Å². The molecule has 2 amide bonds. The van der Waals surface area contributed by atoms with E-state index in [0.29, 0.717) is 16.0 Å². The molecule has 0 saturated carbocycles. The Bertz CT molecular complexity index is 989. The second-order valence-electron chi connectivity index (χ2n) is 5.18. The molecule has 1 aliphatic rings. The van der Waals surface area contributed by atoms with E-state index in [1.54, 1.807) is 0 Å². The standard InChI is InChI=1S/C15H10N4O6/c16-18-17-9-1-2-10-8(5-14(22)24-11(10)7-9)6-15(23)25-19-12(20)3-4-13(19)21/h1-2,5,7H,3-4,6H2. The first kappa shape index (κ1) is 16.2. The Morgan fingerprint density at radius 2 is 1.96 bits per heavy atom. The third-order valence-electron chi connectivity index (χ3n) is 3.51. The Balaban J connectivity index is 1.89. The fraction of sp³-hybridized carbons (Fsp3) is 0.200. The highest BCUT2D eigenvalue weighted by molar-refractivity contribution is 6.01. The van der Waals surface area contributed by atoms with Crippen LogP contribution in [0.25, 0.3) is 21.4 Å². The van der Waals surface area contributed by atoms with Gasteiger partial charge in [0.1, 0.15) is 5.58 Å². The molecule has 1 fully saturated rings. The quantitative estimate of drug-likeness (QED) is 0.273. The maximum atomic E-state index is 12.0. The third-order valence-corrected chi connectivity index (χ3v) is 3.51. The molecule has 25 heavy (non-hydrogen) atoms. The van der Waals surface area contributed by atoms with Gasteiger partial charge in [0.05, 0.1) is 6.42 Å². The summed E-state index contributed by atoms with van der Waals surface area (Å²) in [6, 6.07) is 5.49. The molecule has 1 aromatic heterocycles. The zero-order chi connectivity index (χ0) is 18.0. The Morgan fingerprint density at radius 3 is 2.64 bits per heavy atom. The maximum absolute atomic E-state index is 12.0. The lowest BCUT2D eigenvalue weighted by atomic mass is 10.1. The number of hydrogen-bond acceptors (Lipinski definition) is 7. The largest absolute Gasteiger partial charge is 0.423 e. The maximum Gasteiger partial charge on any atom is 0.337 e. The van der Waals surface area contributed by atoms with Crippen LogP contribution < -0.4 is 5.63 Å². The minimum absolute atomic E-state index is 0.00778. The Hall–Kier alpha value is -3.65. The number of carbonyl (C=O) groups excluding carboxylic acids is 3. The van der Waals surface area contributed by atoms with E-state index < -0.39 is 23.4 Å². The van der Waals surface area contributed by atoms with E-state index in [1.165, 1.54) is 18.2 Å². The van der Waals surface area contributed by atoms with Gasteiger partial charge in [-0.3, -0.25) is 9.59 Å². The zero-order valence-electron chi connectivity index (χ0n) is 12.7. The number of carbonyl (C=O) groups is 3. The molecule has 0 spiro atoms. The van der Waals surface area contributed by atoms with Gasteiger partial charge in [0.2, 0.25) is 0 Å². The molecule has 0 radical (unpaired) electrons. The van der Waals surface area contributed by atoms with Crippen molar-refractivity contribution in [2.75, 3.05) is 0 Å². The van der Waals surface area contributed by atoms with Crippen molar-refractivity contribution >= 4 is 34.4 Å². The second-order valence-corrected chi connectivity index (χ2v) is 5.18. The highest BCUT2D eigenvalue weighted by Gasteiger charge is 2.32. The predicted octanol–water partition coefficient (Wildman–Crippen LogP) is 1.88. The first-order valence-corrected chi connectivity index (χ1v) is 7.16. The second kappa shape index (κ2) is 6.46. The number of fused-ring (bicyclic) bond motifs is 1. The molecule has 0 atom stereocenters. The van der Waals surface area contributed by atoms with E-state index in [9.17, 15) is 19.2 Å². The molecule has 0 bridgehead atoms. The number of hydroxylamine groups is 2. The van der Waals surface area contributed by atoms with Gasteiger partial charge in [0.15, 0.2) is 0 Å². The number of imide groups is 1. The summed E-state index contributed by atoms with van der Waals surface area (Å²) in [5, 5.41) is 4.29. The monoisotopic (exact) mass is 342 g/mol. The lowest BCUT2D eigenvalue weighted by Gasteiger charge is -2.13. The lowest BCUT2D eigenvalue weighted by Crippen LogP contribution is -2.32. The Labute approximate surface area is 139 Å². The van der Waals surface area contributed by atoms with Gasteiger partial charge in [0.25, 0.3) is 11.8 Å². The van der Waals surface area contributed by atoms with E-state index in [2.05, 4.69) is 10.0 Å². The predicted molar refractivity (Wildman–Crippen MR) is 82.2 cm³/mol. The van der Waals surface area contributed by atoms with Gasteiger partial charge >= 0.3 is 11.6 Å². The van der Waals surface area contributed by atoms with Crippen LogP contribution in [0.2, 0.25) is 0 Å². The molecule has 126 valence electrons. The van der Waals surface area contributed by atoms with Crippen molar-refractivity contribution < 1.29 is 23.6 Å². The smallest absolute Gasteiger partial charge is 0.337 e. The number of azide groups is 1. The van der Waals surface area contributed by atoms with Crippen molar-refractivity contribution in [2.24, 2.45) is 5.11 Å². The molecule has 10 nitrogen and oxygen atoms in total. The summed E-state index contributed by atoms with van der Waals surface area (Å²) in [7, 11) is 0. The van der Waals surface area contributed by atoms with Crippen molar-refractivity contribution in [3.05, 3.63) is 50.7 Å². The topological polar surface area (TPSA) is 143 Å². The Morgan fingerprint density at radius 1 is 1.24 bits per heavy atom. The average molecular weight is 342 g/mol. The van der Waals surface area contributed by atoms with Crippen molar-refractivity contribution in [2.45, 2.75) is 19.3 Å². The van der Waals surface area contributed by atoms with Crippen LogP contribution in [0.3, 0.4) is 0 Å². The third kappa shape index (κ3) is 3.33. The van der Waals surface area contributed by atoms with Crippen molar-refractivity contribution in [1.82, 2.24) is 5.06 Å². The summed E-state index contributed by atoms with van der Waals surface area (Å²) in [5.41, 5.74) is 8.41. The molecule has 1 saturated heterocycles. The molecular weight excluding hydrogens is 332 g/mol. The molecule has 2 heterocycles.